The van der Waals surface area contributed by atoms with E-state index in [4.69, 9.17) is 21.8 Å². The standard InChI is InChI=1S/C10H8BrClN2O5/c11-4-1-5(8(12)13-3-4)9(17)14-6(10(18)19)2-7(15)16/h1,3,6H,2H2,(H,14,17)(H,15,16)(H,18,19)/t6-/m0/s1. The van der Waals surface area contributed by atoms with Crippen LogP contribution in [0.3, 0.4) is 0 Å². The number of hydrogen-bond donors (Lipinski definition) is 3. The van der Waals surface area contributed by atoms with Crippen molar-refractivity contribution in [2.24, 2.45) is 0 Å². The van der Waals surface area contributed by atoms with Crippen molar-refractivity contribution >= 4 is 45.4 Å². The number of carbonyl (C=O) groups is 3. The third-order valence-electron chi connectivity index (χ3n) is 2.03. The first-order valence-corrected chi connectivity index (χ1v) is 6.05. The minimum absolute atomic E-state index is 0.0484. The molecule has 1 heterocycles. The molecule has 0 aliphatic heterocycles. The van der Waals surface area contributed by atoms with Crippen molar-refractivity contribution in [2.45, 2.75) is 12.5 Å². The first-order chi connectivity index (χ1) is 8.81. The van der Waals surface area contributed by atoms with Gasteiger partial charge in [0.15, 0.2) is 0 Å². The third-order valence-corrected chi connectivity index (χ3v) is 2.77. The van der Waals surface area contributed by atoms with Crippen molar-refractivity contribution in [3.63, 3.8) is 0 Å². The smallest absolute Gasteiger partial charge is 0.326 e. The number of halogens is 2. The van der Waals surface area contributed by atoms with E-state index in [1.54, 1.807) is 0 Å². The number of aliphatic carboxylic acids is 2. The quantitative estimate of drug-likeness (QED) is 0.685. The SMILES string of the molecule is O=C(O)C[C@H](NC(=O)c1cc(Br)cnc1Cl)C(=O)O. The van der Waals surface area contributed by atoms with Gasteiger partial charge in [0, 0.05) is 10.7 Å². The second-order valence-corrected chi connectivity index (χ2v) is 4.73. The van der Waals surface area contributed by atoms with Crippen LogP contribution in [0.25, 0.3) is 0 Å². The van der Waals surface area contributed by atoms with Crippen molar-refractivity contribution in [3.05, 3.63) is 27.5 Å². The van der Waals surface area contributed by atoms with E-state index < -0.39 is 30.3 Å². The molecular weight excluding hydrogens is 343 g/mol. The van der Waals surface area contributed by atoms with Gasteiger partial charge in [0.05, 0.1) is 12.0 Å². The van der Waals surface area contributed by atoms with Crippen molar-refractivity contribution < 1.29 is 24.6 Å². The minimum atomic E-state index is -1.54. The number of rotatable bonds is 5. The van der Waals surface area contributed by atoms with Crippen LogP contribution in [0.15, 0.2) is 16.7 Å². The molecular formula is C10H8BrClN2O5. The van der Waals surface area contributed by atoms with Crippen molar-refractivity contribution in [3.8, 4) is 0 Å². The molecule has 7 nitrogen and oxygen atoms in total. The number of carboxylic acid groups (broad SMARTS) is 2. The number of nitrogens with zero attached hydrogens (tertiary/aromatic N) is 1. The first-order valence-electron chi connectivity index (χ1n) is 4.87. The molecule has 0 unspecified atom stereocenters. The van der Waals surface area contributed by atoms with Crippen LogP contribution in [0.5, 0.6) is 0 Å². The van der Waals surface area contributed by atoms with Gasteiger partial charge in [0.2, 0.25) is 0 Å². The number of hydrogen-bond acceptors (Lipinski definition) is 4. The summed E-state index contributed by atoms with van der Waals surface area (Å²) < 4.78 is 0.479. The first kappa shape index (κ1) is 15.4. The normalized spacial score (nSPS) is 11.7. The molecule has 0 spiro atoms. The Morgan fingerprint density at radius 3 is 2.58 bits per heavy atom. The van der Waals surface area contributed by atoms with Crippen LogP contribution in [0.4, 0.5) is 0 Å². The number of pyridine rings is 1. The van der Waals surface area contributed by atoms with Crippen molar-refractivity contribution in [1.82, 2.24) is 10.3 Å². The summed E-state index contributed by atoms with van der Waals surface area (Å²) in [5.41, 5.74) is -0.0484. The lowest BCUT2D eigenvalue weighted by molar-refractivity contribution is -0.145. The number of carbonyl (C=O) groups excluding carboxylic acids is 1. The molecule has 0 fully saturated rings. The Hall–Kier alpha value is -1.67. The van der Waals surface area contributed by atoms with Gasteiger partial charge < -0.3 is 15.5 Å². The van der Waals surface area contributed by atoms with E-state index in [-0.39, 0.29) is 10.7 Å². The highest BCUT2D eigenvalue weighted by molar-refractivity contribution is 9.10. The maximum absolute atomic E-state index is 11.8. The lowest BCUT2D eigenvalue weighted by atomic mass is 10.2. The molecule has 1 aromatic heterocycles. The van der Waals surface area contributed by atoms with Crippen LogP contribution in [-0.2, 0) is 9.59 Å². The topological polar surface area (TPSA) is 117 Å². The summed E-state index contributed by atoms with van der Waals surface area (Å²) in [6.07, 6.45) is 0.630. The zero-order valence-electron chi connectivity index (χ0n) is 9.26. The van der Waals surface area contributed by atoms with Gasteiger partial charge in [-0.2, -0.15) is 0 Å². The molecule has 1 aromatic rings. The van der Waals surface area contributed by atoms with Crippen molar-refractivity contribution in [1.29, 1.82) is 0 Å². The molecule has 0 saturated carbocycles. The maximum Gasteiger partial charge on any atom is 0.326 e. The fourth-order valence-electron chi connectivity index (χ4n) is 1.19. The molecule has 19 heavy (non-hydrogen) atoms. The molecule has 9 heteroatoms. The Bertz CT molecular complexity index is 537. The Morgan fingerprint density at radius 2 is 2.05 bits per heavy atom. The zero-order valence-corrected chi connectivity index (χ0v) is 11.6. The zero-order chi connectivity index (χ0) is 14.6. The Balaban J connectivity index is 2.90. The fourth-order valence-corrected chi connectivity index (χ4v) is 1.71. The second-order valence-electron chi connectivity index (χ2n) is 3.45. The summed E-state index contributed by atoms with van der Waals surface area (Å²) in [6.45, 7) is 0. The van der Waals surface area contributed by atoms with Crippen LogP contribution in [0, 0.1) is 0 Å². The summed E-state index contributed by atoms with van der Waals surface area (Å²) in [7, 11) is 0. The predicted octanol–water partition coefficient (Wildman–Crippen LogP) is 1.16. The molecule has 0 radical (unpaired) electrons. The van der Waals surface area contributed by atoms with Gasteiger partial charge in [-0.1, -0.05) is 11.6 Å². The average Bonchev–Trinajstić information content (AvgIpc) is 2.30. The van der Waals surface area contributed by atoms with E-state index >= 15 is 0 Å². The van der Waals surface area contributed by atoms with E-state index in [0.29, 0.717) is 4.47 Å². The van der Waals surface area contributed by atoms with Gasteiger partial charge in [0.25, 0.3) is 5.91 Å². The number of nitrogens with one attached hydrogen (secondary N) is 1. The minimum Gasteiger partial charge on any atom is -0.481 e. The predicted molar refractivity (Wildman–Crippen MR) is 68.1 cm³/mol. The summed E-state index contributed by atoms with van der Waals surface area (Å²) in [5.74, 6) is -3.60. The maximum atomic E-state index is 11.8. The summed E-state index contributed by atoms with van der Waals surface area (Å²) in [6, 6.07) is -0.190. The van der Waals surface area contributed by atoms with Gasteiger partial charge >= 0.3 is 11.9 Å². The molecule has 1 amide bonds. The van der Waals surface area contributed by atoms with E-state index in [1.165, 1.54) is 12.3 Å². The molecule has 0 saturated heterocycles. The highest BCUT2D eigenvalue weighted by Gasteiger charge is 2.24. The summed E-state index contributed by atoms with van der Waals surface area (Å²) in [5, 5.41) is 19.3. The van der Waals surface area contributed by atoms with Crippen LogP contribution in [0.2, 0.25) is 5.15 Å². The lowest BCUT2D eigenvalue weighted by Gasteiger charge is -2.12. The Morgan fingerprint density at radius 1 is 1.42 bits per heavy atom. The van der Waals surface area contributed by atoms with E-state index in [9.17, 15) is 14.4 Å². The Labute approximate surface area is 120 Å². The van der Waals surface area contributed by atoms with Crippen LogP contribution in [-0.4, -0.2) is 39.1 Å². The van der Waals surface area contributed by atoms with Gasteiger partial charge in [-0.25, -0.2) is 9.78 Å². The second kappa shape index (κ2) is 6.48. The van der Waals surface area contributed by atoms with Crippen molar-refractivity contribution in [2.75, 3.05) is 0 Å². The third kappa shape index (κ3) is 4.49. The van der Waals surface area contributed by atoms with E-state index in [2.05, 4.69) is 26.2 Å². The molecule has 102 valence electrons. The highest BCUT2D eigenvalue weighted by atomic mass is 79.9. The van der Waals surface area contributed by atoms with Gasteiger partial charge in [-0.05, 0) is 22.0 Å². The average molecular weight is 352 g/mol. The lowest BCUT2D eigenvalue weighted by Crippen LogP contribution is -2.42. The molecule has 0 aromatic carbocycles. The largest absolute Gasteiger partial charge is 0.481 e. The summed E-state index contributed by atoms with van der Waals surface area (Å²) in [4.78, 5) is 36.8. The fraction of sp³-hybridized carbons (Fsp3) is 0.200. The van der Waals surface area contributed by atoms with E-state index in [1.807, 2.05) is 0 Å². The van der Waals surface area contributed by atoms with Gasteiger partial charge in [-0.15, -0.1) is 0 Å². The van der Waals surface area contributed by atoms with Crippen LogP contribution < -0.4 is 5.32 Å². The van der Waals surface area contributed by atoms with Crippen LogP contribution >= 0.6 is 27.5 Å². The molecule has 0 bridgehead atoms. The highest BCUT2D eigenvalue weighted by Crippen LogP contribution is 2.18. The van der Waals surface area contributed by atoms with Crippen LogP contribution in [0.1, 0.15) is 16.8 Å². The van der Waals surface area contributed by atoms with Gasteiger partial charge in [0.1, 0.15) is 11.2 Å². The number of aromatic nitrogens is 1. The molecule has 1 rings (SSSR count). The molecule has 3 N–H and O–H groups in total. The summed E-state index contributed by atoms with van der Waals surface area (Å²) >= 11 is 8.79. The number of amides is 1. The Kier molecular flexibility index (Phi) is 5.25. The monoisotopic (exact) mass is 350 g/mol. The van der Waals surface area contributed by atoms with Gasteiger partial charge in [-0.3, -0.25) is 9.59 Å². The molecule has 0 aliphatic rings. The van der Waals surface area contributed by atoms with E-state index in [0.717, 1.165) is 0 Å². The molecule has 0 aliphatic carbocycles. The molecule has 1 atom stereocenters. The number of carboxylic acids is 2.